The van der Waals surface area contributed by atoms with Crippen LogP contribution in [0.1, 0.15) is 35.8 Å². The van der Waals surface area contributed by atoms with Crippen molar-refractivity contribution in [3.63, 3.8) is 0 Å². The normalized spacial score (nSPS) is 13.6. The maximum atomic E-state index is 13.6. The van der Waals surface area contributed by atoms with Crippen molar-refractivity contribution in [1.82, 2.24) is 5.32 Å². The molecule has 2 rings (SSSR count). The summed E-state index contributed by atoms with van der Waals surface area (Å²) in [4.78, 5) is 10.6. The Morgan fingerprint density at radius 1 is 1.22 bits per heavy atom. The van der Waals surface area contributed by atoms with Crippen molar-refractivity contribution in [3.05, 3.63) is 75.1 Å². The molecule has 2 unspecified atom stereocenters. The van der Waals surface area contributed by atoms with Gasteiger partial charge in [-0.25, -0.2) is 4.39 Å². The highest BCUT2D eigenvalue weighted by atomic mass is 19.1. The molecule has 2 aromatic carbocycles. The Bertz CT molecular complexity index is 706. The van der Waals surface area contributed by atoms with Gasteiger partial charge >= 0.3 is 0 Å². The molecule has 0 heterocycles. The van der Waals surface area contributed by atoms with Crippen molar-refractivity contribution >= 4 is 5.69 Å². The van der Waals surface area contributed by atoms with Crippen LogP contribution in [0.25, 0.3) is 0 Å². The van der Waals surface area contributed by atoms with E-state index in [4.69, 9.17) is 0 Å². The van der Waals surface area contributed by atoms with E-state index in [1.807, 2.05) is 6.92 Å². The first-order valence-electron chi connectivity index (χ1n) is 7.31. The molecule has 23 heavy (non-hydrogen) atoms. The molecule has 5 nitrogen and oxygen atoms in total. The zero-order valence-electron chi connectivity index (χ0n) is 13.0. The van der Waals surface area contributed by atoms with Gasteiger partial charge in [0.2, 0.25) is 0 Å². The minimum Gasteiger partial charge on any atom is -0.387 e. The van der Waals surface area contributed by atoms with E-state index >= 15 is 0 Å². The van der Waals surface area contributed by atoms with Gasteiger partial charge in [0, 0.05) is 29.8 Å². The van der Waals surface area contributed by atoms with Crippen LogP contribution in [0.2, 0.25) is 0 Å². The van der Waals surface area contributed by atoms with Gasteiger partial charge in [-0.05, 0) is 25.5 Å². The van der Waals surface area contributed by atoms with Crippen LogP contribution in [0, 0.1) is 22.9 Å². The maximum Gasteiger partial charge on any atom is 0.272 e. The van der Waals surface area contributed by atoms with Gasteiger partial charge in [-0.1, -0.05) is 30.3 Å². The molecule has 0 aliphatic carbocycles. The van der Waals surface area contributed by atoms with Crippen molar-refractivity contribution in [2.24, 2.45) is 0 Å². The van der Waals surface area contributed by atoms with Crippen LogP contribution < -0.4 is 5.32 Å². The van der Waals surface area contributed by atoms with E-state index in [1.165, 1.54) is 18.2 Å². The number of nitro benzene ring substituents is 1. The number of aliphatic hydroxyl groups is 1. The zero-order valence-corrected chi connectivity index (χ0v) is 13.0. The Labute approximate surface area is 133 Å². The first kappa shape index (κ1) is 17.1. The number of hydrogen-bond donors (Lipinski definition) is 2. The van der Waals surface area contributed by atoms with E-state index in [9.17, 15) is 19.6 Å². The molecule has 122 valence electrons. The maximum absolute atomic E-state index is 13.6. The number of halogens is 1. The molecule has 0 saturated heterocycles. The standard InChI is InChI=1S/C17H19FN2O3/c1-11-13(7-5-9-16(11)20(22)23)12(2)19-10-17(21)14-6-3-4-8-15(14)18/h3-9,12,17,19,21H,10H2,1-2H3. The smallest absolute Gasteiger partial charge is 0.272 e. The van der Waals surface area contributed by atoms with Crippen LogP contribution in [-0.4, -0.2) is 16.6 Å². The molecule has 2 aromatic rings. The molecular weight excluding hydrogens is 299 g/mol. The van der Waals surface area contributed by atoms with E-state index in [-0.39, 0.29) is 23.8 Å². The van der Waals surface area contributed by atoms with E-state index in [0.29, 0.717) is 5.56 Å². The molecule has 0 bridgehead atoms. The fraction of sp³-hybridized carbons (Fsp3) is 0.294. The van der Waals surface area contributed by atoms with E-state index in [1.54, 1.807) is 31.2 Å². The lowest BCUT2D eigenvalue weighted by molar-refractivity contribution is -0.385. The fourth-order valence-electron chi connectivity index (χ4n) is 2.56. The lowest BCUT2D eigenvalue weighted by atomic mass is 10.0. The monoisotopic (exact) mass is 318 g/mol. The predicted molar refractivity (Wildman–Crippen MR) is 85.6 cm³/mol. The number of benzene rings is 2. The Kier molecular flexibility index (Phi) is 5.41. The van der Waals surface area contributed by atoms with E-state index in [2.05, 4.69) is 5.32 Å². The Morgan fingerprint density at radius 2 is 1.87 bits per heavy atom. The lowest BCUT2D eigenvalue weighted by Gasteiger charge is -2.19. The van der Waals surface area contributed by atoms with Gasteiger partial charge in [-0.3, -0.25) is 10.1 Å². The molecule has 2 atom stereocenters. The van der Waals surface area contributed by atoms with Gasteiger partial charge in [0.25, 0.3) is 5.69 Å². The highest BCUT2D eigenvalue weighted by molar-refractivity contribution is 5.45. The zero-order chi connectivity index (χ0) is 17.0. The number of rotatable bonds is 6. The first-order chi connectivity index (χ1) is 10.9. The molecule has 0 aliphatic rings. The molecule has 0 saturated carbocycles. The molecule has 2 N–H and O–H groups in total. The SMILES string of the molecule is Cc1c(C(C)NCC(O)c2ccccc2F)cccc1[N+](=O)[O-]. The second kappa shape index (κ2) is 7.30. The molecule has 6 heteroatoms. The molecule has 0 aromatic heterocycles. The largest absolute Gasteiger partial charge is 0.387 e. The van der Waals surface area contributed by atoms with Crippen LogP contribution >= 0.6 is 0 Å². The number of nitrogens with zero attached hydrogens (tertiary/aromatic N) is 1. The second-order valence-corrected chi connectivity index (χ2v) is 5.42. The van der Waals surface area contributed by atoms with Crippen LogP contribution in [0.4, 0.5) is 10.1 Å². The summed E-state index contributed by atoms with van der Waals surface area (Å²) in [6, 6.07) is 10.7. The molecule has 0 spiro atoms. The summed E-state index contributed by atoms with van der Waals surface area (Å²) in [6.45, 7) is 3.68. The van der Waals surface area contributed by atoms with Gasteiger partial charge in [0.15, 0.2) is 0 Å². The average molecular weight is 318 g/mol. The summed E-state index contributed by atoms with van der Waals surface area (Å²) in [5, 5.41) is 24.2. The molecule has 0 radical (unpaired) electrons. The molecule has 0 aliphatic heterocycles. The molecular formula is C17H19FN2O3. The summed E-state index contributed by atoms with van der Waals surface area (Å²) in [5.74, 6) is -0.457. The Morgan fingerprint density at radius 3 is 2.52 bits per heavy atom. The van der Waals surface area contributed by atoms with Gasteiger partial charge < -0.3 is 10.4 Å². The van der Waals surface area contributed by atoms with Crippen LogP contribution in [0.3, 0.4) is 0 Å². The van der Waals surface area contributed by atoms with Crippen LogP contribution in [-0.2, 0) is 0 Å². The third-order valence-electron chi connectivity index (χ3n) is 3.89. The minimum absolute atomic E-state index is 0.0609. The summed E-state index contributed by atoms with van der Waals surface area (Å²) < 4.78 is 13.6. The quantitative estimate of drug-likeness (QED) is 0.632. The van der Waals surface area contributed by atoms with Gasteiger partial charge in [-0.15, -0.1) is 0 Å². The van der Waals surface area contributed by atoms with Crippen molar-refractivity contribution in [3.8, 4) is 0 Å². The van der Waals surface area contributed by atoms with Crippen molar-refractivity contribution in [2.45, 2.75) is 26.0 Å². The van der Waals surface area contributed by atoms with Crippen molar-refractivity contribution in [2.75, 3.05) is 6.54 Å². The van der Waals surface area contributed by atoms with E-state index in [0.717, 1.165) is 5.56 Å². The summed E-state index contributed by atoms with van der Waals surface area (Å²) >= 11 is 0. The number of nitrogens with one attached hydrogen (secondary N) is 1. The summed E-state index contributed by atoms with van der Waals surface area (Å²) in [6.07, 6.45) is -0.988. The van der Waals surface area contributed by atoms with Gasteiger partial charge in [-0.2, -0.15) is 0 Å². The topological polar surface area (TPSA) is 75.4 Å². The molecule has 0 fully saturated rings. The van der Waals surface area contributed by atoms with Gasteiger partial charge in [0.05, 0.1) is 11.0 Å². The first-order valence-corrected chi connectivity index (χ1v) is 7.31. The van der Waals surface area contributed by atoms with Crippen LogP contribution in [0.15, 0.2) is 42.5 Å². The number of hydrogen-bond acceptors (Lipinski definition) is 4. The van der Waals surface area contributed by atoms with Crippen LogP contribution in [0.5, 0.6) is 0 Å². The average Bonchev–Trinajstić information content (AvgIpc) is 2.52. The molecule has 0 amide bonds. The number of nitro groups is 1. The highest BCUT2D eigenvalue weighted by Gasteiger charge is 2.18. The lowest BCUT2D eigenvalue weighted by Crippen LogP contribution is -2.25. The second-order valence-electron chi connectivity index (χ2n) is 5.42. The van der Waals surface area contributed by atoms with Crippen molar-refractivity contribution < 1.29 is 14.4 Å². The summed E-state index contributed by atoms with van der Waals surface area (Å²) in [5.41, 5.74) is 1.64. The minimum atomic E-state index is -0.988. The summed E-state index contributed by atoms with van der Waals surface area (Å²) in [7, 11) is 0. The Hall–Kier alpha value is -2.31. The van der Waals surface area contributed by atoms with E-state index < -0.39 is 16.8 Å². The fourth-order valence-corrected chi connectivity index (χ4v) is 2.56. The predicted octanol–water partition coefficient (Wildman–Crippen LogP) is 3.43. The third-order valence-corrected chi connectivity index (χ3v) is 3.89. The Balaban J connectivity index is 2.08. The highest BCUT2D eigenvalue weighted by Crippen LogP contribution is 2.26. The number of aliphatic hydroxyl groups excluding tert-OH is 1. The van der Waals surface area contributed by atoms with Gasteiger partial charge in [0.1, 0.15) is 5.82 Å². The van der Waals surface area contributed by atoms with Crippen molar-refractivity contribution in [1.29, 1.82) is 0 Å². The third kappa shape index (κ3) is 3.91.